The average Bonchev–Trinajstić information content (AvgIpc) is 3.13. The van der Waals surface area contributed by atoms with Crippen molar-refractivity contribution < 1.29 is 33.5 Å². The van der Waals surface area contributed by atoms with Gasteiger partial charge in [-0.1, -0.05) is 12.1 Å². The van der Waals surface area contributed by atoms with Crippen molar-refractivity contribution in [2.75, 3.05) is 25.1 Å². The molecule has 1 saturated heterocycles. The smallest absolute Gasteiger partial charge is 0.343 e. The fourth-order valence-corrected chi connectivity index (χ4v) is 3.55. The number of halogens is 1. The number of ether oxygens (including phenoxy) is 1. The van der Waals surface area contributed by atoms with Gasteiger partial charge in [0.05, 0.1) is 12.5 Å². The van der Waals surface area contributed by atoms with Crippen molar-refractivity contribution >= 4 is 17.8 Å². The molecule has 0 saturated carbocycles. The molecule has 1 aromatic heterocycles. The van der Waals surface area contributed by atoms with E-state index in [1.165, 1.54) is 19.2 Å². The van der Waals surface area contributed by atoms with Crippen molar-refractivity contribution in [1.82, 2.24) is 5.16 Å². The van der Waals surface area contributed by atoms with Crippen LogP contribution in [0, 0.1) is 11.2 Å². The van der Waals surface area contributed by atoms with Crippen molar-refractivity contribution in [2.45, 2.75) is 26.2 Å². The normalized spacial score (nSPS) is 16.0. The number of aromatic carboxylic acids is 1. The van der Waals surface area contributed by atoms with Crippen LogP contribution < -0.4 is 9.64 Å². The molecule has 0 aliphatic carbocycles. The molecule has 0 unspecified atom stereocenters. The fourth-order valence-electron chi connectivity index (χ4n) is 3.55. The number of hydrogen-bond acceptors (Lipinski definition) is 6. The molecule has 2 N–H and O–H groups in total. The van der Waals surface area contributed by atoms with Gasteiger partial charge in [0.15, 0.2) is 28.7 Å². The summed E-state index contributed by atoms with van der Waals surface area (Å²) < 4.78 is 23.9. The standard InChI is InChI=1S/C19H21FN2O6/c1-3-19(18(25)26)6-8-22(9-7-19)16-14(17(23)24)15(28-21-16)11-4-5-12(20)13(10-11)27-2/h4-5,10H,3,6-9H2,1-2H3,(H,23,24)(H,25,26). The van der Waals surface area contributed by atoms with Gasteiger partial charge < -0.3 is 24.4 Å². The number of aliphatic carboxylic acids is 1. The maximum Gasteiger partial charge on any atom is 0.343 e. The van der Waals surface area contributed by atoms with Gasteiger partial charge >= 0.3 is 11.9 Å². The number of aromatic nitrogens is 1. The molecule has 8 nitrogen and oxygen atoms in total. The number of hydrogen-bond donors (Lipinski definition) is 2. The summed E-state index contributed by atoms with van der Waals surface area (Å²) in [6.45, 7) is 2.53. The summed E-state index contributed by atoms with van der Waals surface area (Å²) in [4.78, 5) is 25.2. The number of benzene rings is 1. The van der Waals surface area contributed by atoms with Crippen LogP contribution in [0.3, 0.4) is 0 Å². The highest BCUT2D eigenvalue weighted by Crippen LogP contribution is 2.39. The molecule has 0 atom stereocenters. The van der Waals surface area contributed by atoms with Gasteiger partial charge in [-0.05, 0) is 37.5 Å². The van der Waals surface area contributed by atoms with Gasteiger partial charge in [0.25, 0.3) is 0 Å². The van der Waals surface area contributed by atoms with Crippen LogP contribution in [0.4, 0.5) is 10.2 Å². The lowest BCUT2D eigenvalue weighted by Gasteiger charge is -2.38. The van der Waals surface area contributed by atoms with Gasteiger partial charge in [-0.25, -0.2) is 9.18 Å². The first kappa shape index (κ1) is 19.7. The number of nitrogens with zero attached hydrogens (tertiary/aromatic N) is 2. The van der Waals surface area contributed by atoms with Crippen molar-refractivity contribution in [3.05, 3.63) is 29.6 Å². The molecule has 1 aromatic carbocycles. The van der Waals surface area contributed by atoms with E-state index in [1.807, 2.05) is 6.92 Å². The lowest BCUT2D eigenvalue weighted by atomic mass is 9.76. The van der Waals surface area contributed by atoms with E-state index in [4.69, 9.17) is 9.26 Å². The lowest BCUT2D eigenvalue weighted by Crippen LogP contribution is -2.44. The van der Waals surface area contributed by atoms with Crippen LogP contribution in [0.25, 0.3) is 11.3 Å². The number of carboxylic acid groups (broad SMARTS) is 2. The first-order chi connectivity index (χ1) is 13.3. The third-order valence-corrected chi connectivity index (χ3v) is 5.45. The van der Waals surface area contributed by atoms with Gasteiger partial charge in [-0.3, -0.25) is 4.79 Å². The Hall–Kier alpha value is -3.10. The summed E-state index contributed by atoms with van der Waals surface area (Å²) >= 11 is 0. The number of anilines is 1. The summed E-state index contributed by atoms with van der Waals surface area (Å²) in [6.07, 6.45) is 1.26. The van der Waals surface area contributed by atoms with E-state index in [0.29, 0.717) is 37.9 Å². The first-order valence-corrected chi connectivity index (χ1v) is 8.88. The lowest BCUT2D eigenvalue weighted by molar-refractivity contribution is -0.150. The van der Waals surface area contributed by atoms with Gasteiger partial charge in [0.1, 0.15) is 0 Å². The molecule has 0 radical (unpaired) electrons. The number of methoxy groups -OCH3 is 1. The van der Waals surface area contributed by atoms with Gasteiger partial charge in [-0.15, -0.1) is 0 Å². The van der Waals surface area contributed by atoms with E-state index in [2.05, 4.69) is 5.16 Å². The van der Waals surface area contributed by atoms with E-state index >= 15 is 0 Å². The monoisotopic (exact) mass is 392 g/mol. The molecule has 1 fully saturated rings. The average molecular weight is 392 g/mol. The number of carboxylic acids is 2. The second-order valence-corrected chi connectivity index (χ2v) is 6.79. The quantitative estimate of drug-likeness (QED) is 0.770. The highest BCUT2D eigenvalue weighted by Gasteiger charge is 2.41. The molecule has 0 amide bonds. The maximum absolute atomic E-state index is 13.7. The van der Waals surface area contributed by atoms with E-state index in [9.17, 15) is 24.2 Å². The Labute approximate surface area is 160 Å². The Morgan fingerprint density at radius 1 is 1.32 bits per heavy atom. The molecule has 1 aliphatic heterocycles. The predicted molar refractivity (Wildman–Crippen MR) is 97.2 cm³/mol. The van der Waals surface area contributed by atoms with Gasteiger partial charge in [0.2, 0.25) is 0 Å². The SMILES string of the molecule is CCC1(C(=O)O)CCN(c2noc(-c3ccc(F)c(OC)c3)c2C(=O)O)CC1. The summed E-state index contributed by atoms with van der Waals surface area (Å²) in [6, 6.07) is 3.89. The van der Waals surface area contributed by atoms with Crippen LogP contribution >= 0.6 is 0 Å². The third kappa shape index (κ3) is 3.28. The summed E-state index contributed by atoms with van der Waals surface area (Å²) in [5.41, 5.74) is -0.635. The first-order valence-electron chi connectivity index (χ1n) is 8.88. The zero-order valence-corrected chi connectivity index (χ0v) is 15.6. The van der Waals surface area contributed by atoms with Crippen molar-refractivity contribution in [2.24, 2.45) is 5.41 Å². The summed E-state index contributed by atoms with van der Waals surface area (Å²) in [5, 5.41) is 23.2. The summed E-state index contributed by atoms with van der Waals surface area (Å²) in [7, 11) is 1.31. The van der Waals surface area contributed by atoms with Crippen LogP contribution in [0.1, 0.15) is 36.5 Å². The van der Waals surface area contributed by atoms with Gasteiger partial charge in [-0.2, -0.15) is 0 Å². The Bertz CT molecular complexity index is 902. The predicted octanol–water partition coefficient (Wildman–Crippen LogP) is 3.27. The Balaban J connectivity index is 1.95. The highest BCUT2D eigenvalue weighted by atomic mass is 19.1. The van der Waals surface area contributed by atoms with Crippen molar-refractivity contribution in [3.8, 4) is 17.1 Å². The van der Waals surface area contributed by atoms with Crippen molar-refractivity contribution in [1.29, 1.82) is 0 Å². The second kappa shape index (κ2) is 7.49. The molecule has 28 heavy (non-hydrogen) atoms. The van der Waals surface area contributed by atoms with E-state index in [-0.39, 0.29) is 22.9 Å². The minimum atomic E-state index is -1.24. The van der Waals surface area contributed by atoms with Crippen LogP contribution in [0.15, 0.2) is 22.7 Å². The van der Waals surface area contributed by atoms with E-state index < -0.39 is 23.2 Å². The van der Waals surface area contributed by atoms with E-state index in [0.717, 1.165) is 6.07 Å². The minimum Gasteiger partial charge on any atom is -0.494 e. The summed E-state index contributed by atoms with van der Waals surface area (Å²) in [5.74, 6) is -2.57. The molecule has 1 aliphatic rings. The Morgan fingerprint density at radius 2 is 2.00 bits per heavy atom. The molecular weight excluding hydrogens is 371 g/mol. The molecule has 3 rings (SSSR count). The zero-order chi connectivity index (χ0) is 20.5. The third-order valence-electron chi connectivity index (χ3n) is 5.45. The molecule has 0 bridgehead atoms. The number of rotatable bonds is 6. The number of piperidine rings is 1. The molecule has 0 spiro atoms. The number of carbonyl (C=O) groups is 2. The zero-order valence-electron chi connectivity index (χ0n) is 15.6. The van der Waals surface area contributed by atoms with Gasteiger partial charge in [0, 0.05) is 18.7 Å². The van der Waals surface area contributed by atoms with Crippen LogP contribution in [-0.4, -0.2) is 47.5 Å². The highest BCUT2D eigenvalue weighted by molar-refractivity contribution is 5.99. The molecule has 2 heterocycles. The van der Waals surface area contributed by atoms with E-state index in [1.54, 1.807) is 4.90 Å². The van der Waals surface area contributed by atoms with Crippen molar-refractivity contribution in [3.63, 3.8) is 0 Å². The second-order valence-electron chi connectivity index (χ2n) is 6.79. The maximum atomic E-state index is 13.7. The van der Waals surface area contributed by atoms with Crippen LogP contribution in [-0.2, 0) is 4.79 Å². The Morgan fingerprint density at radius 3 is 2.54 bits per heavy atom. The Kier molecular flexibility index (Phi) is 5.26. The molecular formula is C19H21FN2O6. The van der Waals surface area contributed by atoms with Crippen LogP contribution in [0.2, 0.25) is 0 Å². The molecule has 2 aromatic rings. The minimum absolute atomic E-state index is 0.00800. The molecule has 9 heteroatoms. The van der Waals surface area contributed by atoms with Crippen LogP contribution in [0.5, 0.6) is 5.75 Å². The fraction of sp³-hybridized carbons (Fsp3) is 0.421. The largest absolute Gasteiger partial charge is 0.494 e. The molecule has 150 valence electrons. The topological polar surface area (TPSA) is 113 Å².